The van der Waals surface area contributed by atoms with Crippen LogP contribution < -0.4 is 0 Å². The van der Waals surface area contributed by atoms with Gasteiger partial charge in [-0.1, -0.05) is 24.3 Å². The van der Waals surface area contributed by atoms with Crippen LogP contribution in [0.4, 0.5) is 0 Å². The molecule has 0 nitrogen and oxygen atoms in total. The maximum Gasteiger partial charge on any atom is -0.00758 e. The molecule has 0 N–H and O–H groups in total. The Hall–Kier alpha value is -0.780. The van der Waals surface area contributed by atoms with E-state index in [9.17, 15) is 0 Å². The van der Waals surface area contributed by atoms with Crippen molar-refractivity contribution < 1.29 is 0 Å². The molecular formula is C11H18. The van der Waals surface area contributed by atoms with Crippen molar-refractivity contribution in [2.24, 2.45) is 0 Å². The van der Waals surface area contributed by atoms with Gasteiger partial charge in [-0.05, 0) is 45.3 Å². The lowest BCUT2D eigenvalue weighted by molar-refractivity contribution is 1.10. The average Bonchev–Trinajstić information content (AvgIpc) is 1.84. The molecule has 0 heterocycles. The third kappa shape index (κ3) is 3.82. The van der Waals surface area contributed by atoms with Gasteiger partial charge in [-0.15, -0.1) is 0 Å². The molecular weight excluding hydrogens is 132 g/mol. The van der Waals surface area contributed by atoms with Gasteiger partial charge >= 0.3 is 0 Å². The van der Waals surface area contributed by atoms with Crippen molar-refractivity contribution in [3.8, 4) is 0 Å². The molecule has 11 heavy (non-hydrogen) atoms. The molecule has 0 radical (unpaired) electrons. The predicted molar refractivity (Wildman–Crippen MR) is 52.6 cm³/mol. The van der Waals surface area contributed by atoms with Crippen LogP contribution in [0.2, 0.25) is 0 Å². The first-order valence-electron chi connectivity index (χ1n) is 3.91. The largest absolute Gasteiger partial charge is 0.0998 e. The number of hydrogen-bond donors (Lipinski definition) is 0. The maximum absolute atomic E-state index is 4.00. The summed E-state index contributed by atoms with van der Waals surface area (Å²) in [5.74, 6) is 0. The van der Waals surface area contributed by atoms with Crippen molar-refractivity contribution >= 4 is 0 Å². The molecule has 62 valence electrons. The van der Waals surface area contributed by atoms with Crippen LogP contribution in [-0.2, 0) is 0 Å². The summed E-state index contributed by atoms with van der Waals surface area (Å²) in [6.45, 7) is 16.2. The Morgan fingerprint density at radius 2 is 1.45 bits per heavy atom. The monoisotopic (exact) mass is 150 g/mol. The number of hydrogen-bond acceptors (Lipinski definition) is 0. The van der Waals surface area contributed by atoms with Gasteiger partial charge in [0.05, 0.1) is 0 Å². The zero-order valence-corrected chi connectivity index (χ0v) is 8.12. The van der Waals surface area contributed by atoms with Crippen LogP contribution in [0.1, 0.15) is 34.1 Å². The summed E-state index contributed by atoms with van der Waals surface area (Å²) in [6, 6.07) is 0. The first-order valence-corrected chi connectivity index (χ1v) is 3.91. The van der Waals surface area contributed by atoms with Gasteiger partial charge in [0.25, 0.3) is 0 Å². The van der Waals surface area contributed by atoms with Gasteiger partial charge in [0, 0.05) is 0 Å². The highest BCUT2D eigenvalue weighted by Gasteiger charge is 1.98. The summed E-state index contributed by atoms with van der Waals surface area (Å²) < 4.78 is 0. The highest BCUT2D eigenvalue weighted by molar-refractivity contribution is 5.32. The molecule has 0 fully saturated rings. The molecule has 0 aliphatic carbocycles. The molecule has 0 saturated heterocycles. The van der Waals surface area contributed by atoms with Gasteiger partial charge in [0.1, 0.15) is 0 Å². The molecule has 0 heteroatoms. The van der Waals surface area contributed by atoms with Crippen molar-refractivity contribution in [3.63, 3.8) is 0 Å². The Morgan fingerprint density at radius 3 is 1.73 bits per heavy atom. The van der Waals surface area contributed by atoms with Crippen molar-refractivity contribution in [3.05, 3.63) is 35.5 Å². The molecule has 0 saturated carbocycles. The van der Waals surface area contributed by atoms with E-state index in [1.165, 1.54) is 22.3 Å². The summed E-state index contributed by atoms with van der Waals surface area (Å²) in [5, 5.41) is 0. The van der Waals surface area contributed by atoms with E-state index in [4.69, 9.17) is 0 Å². The van der Waals surface area contributed by atoms with E-state index in [1.807, 2.05) is 6.92 Å². The van der Waals surface area contributed by atoms with E-state index in [0.717, 1.165) is 6.42 Å². The van der Waals surface area contributed by atoms with Crippen molar-refractivity contribution in [2.75, 3.05) is 0 Å². The van der Waals surface area contributed by atoms with Gasteiger partial charge in [0.15, 0.2) is 0 Å². The fourth-order valence-electron chi connectivity index (χ4n) is 0.850. The Balaban J connectivity index is 4.28. The summed E-state index contributed by atoms with van der Waals surface area (Å²) >= 11 is 0. The van der Waals surface area contributed by atoms with Gasteiger partial charge in [-0.2, -0.15) is 0 Å². The van der Waals surface area contributed by atoms with E-state index < -0.39 is 0 Å². The second-order valence-electron chi connectivity index (χ2n) is 3.36. The van der Waals surface area contributed by atoms with Crippen LogP contribution in [0.15, 0.2) is 35.5 Å². The minimum absolute atomic E-state index is 0.928. The number of allylic oxidation sites excluding steroid dienone is 4. The topological polar surface area (TPSA) is 0 Å². The van der Waals surface area contributed by atoms with Gasteiger partial charge in [-0.3, -0.25) is 0 Å². The van der Waals surface area contributed by atoms with E-state index >= 15 is 0 Å². The molecule has 0 atom stereocenters. The smallest absolute Gasteiger partial charge is 0.00758 e. The Labute approximate surface area is 70.3 Å². The Morgan fingerprint density at radius 1 is 1.00 bits per heavy atom. The van der Waals surface area contributed by atoms with Gasteiger partial charge < -0.3 is 0 Å². The first kappa shape index (κ1) is 10.2. The molecule has 0 aromatic rings. The van der Waals surface area contributed by atoms with Crippen LogP contribution >= 0.6 is 0 Å². The maximum atomic E-state index is 4.00. The second kappa shape index (κ2) is 4.17. The predicted octanol–water partition coefficient (Wildman–Crippen LogP) is 3.87. The highest BCUT2D eigenvalue weighted by atomic mass is 14.0. The van der Waals surface area contributed by atoms with Crippen LogP contribution in [0.25, 0.3) is 0 Å². The lowest BCUT2D eigenvalue weighted by Gasteiger charge is -2.07. The van der Waals surface area contributed by atoms with E-state index in [1.54, 1.807) is 0 Å². The SMILES string of the molecule is C=C(C)CC(=C)C(C)=C(C)C. The Bertz CT molecular complexity index is 200. The summed E-state index contributed by atoms with van der Waals surface area (Å²) in [4.78, 5) is 0. The second-order valence-corrected chi connectivity index (χ2v) is 3.36. The minimum atomic E-state index is 0.928. The molecule has 0 unspecified atom stereocenters. The molecule has 0 aromatic carbocycles. The quantitative estimate of drug-likeness (QED) is 0.423. The third-order valence-corrected chi connectivity index (χ3v) is 1.80. The molecule has 0 aliphatic rings. The van der Waals surface area contributed by atoms with Crippen molar-refractivity contribution in [1.29, 1.82) is 0 Å². The molecule has 0 aromatic heterocycles. The minimum Gasteiger partial charge on any atom is -0.0998 e. The molecule has 0 rings (SSSR count). The summed E-state index contributed by atoms with van der Waals surface area (Å²) in [5.41, 5.74) is 5.03. The molecule has 0 spiro atoms. The van der Waals surface area contributed by atoms with Crippen LogP contribution in [-0.4, -0.2) is 0 Å². The van der Waals surface area contributed by atoms with E-state index in [2.05, 4.69) is 33.9 Å². The van der Waals surface area contributed by atoms with Gasteiger partial charge in [-0.25, -0.2) is 0 Å². The van der Waals surface area contributed by atoms with E-state index in [0.29, 0.717) is 0 Å². The standard InChI is InChI=1S/C11H18/c1-8(2)7-10(5)11(6)9(3)4/h1,5,7H2,2-4,6H3. The summed E-state index contributed by atoms with van der Waals surface area (Å²) in [7, 11) is 0. The fourth-order valence-corrected chi connectivity index (χ4v) is 0.850. The fraction of sp³-hybridized carbons (Fsp3) is 0.455. The zero-order valence-electron chi connectivity index (χ0n) is 8.12. The Kier molecular flexibility index (Phi) is 3.88. The normalized spacial score (nSPS) is 9.09. The van der Waals surface area contributed by atoms with E-state index in [-0.39, 0.29) is 0 Å². The van der Waals surface area contributed by atoms with Gasteiger partial charge in [0.2, 0.25) is 0 Å². The number of rotatable bonds is 3. The summed E-state index contributed by atoms with van der Waals surface area (Å²) in [6.07, 6.45) is 0.928. The lowest BCUT2D eigenvalue weighted by atomic mass is 9.99. The van der Waals surface area contributed by atoms with Crippen LogP contribution in [0.3, 0.4) is 0 Å². The average molecular weight is 150 g/mol. The van der Waals surface area contributed by atoms with Crippen molar-refractivity contribution in [2.45, 2.75) is 34.1 Å². The lowest BCUT2D eigenvalue weighted by Crippen LogP contribution is -1.87. The van der Waals surface area contributed by atoms with Crippen LogP contribution in [0, 0.1) is 0 Å². The van der Waals surface area contributed by atoms with Crippen molar-refractivity contribution in [1.82, 2.24) is 0 Å². The molecule has 0 aliphatic heterocycles. The molecule has 0 amide bonds. The third-order valence-electron chi connectivity index (χ3n) is 1.80. The zero-order chi connectivity index (χ0) is 9.02. The van der Waals surface area contributed by atoms with Crippen LogP contribution in [0.5, 0.6) is 0 Å². The molecule has 0 bridgehead atoms. The highest BCUT2D eigenvalue weighted by Crippen LogP contribution is 2.18. The first-order chi connectivity index (χ1) is 4.95.